The van der Waals surface area contributed by atoms with Gasteiger partial charge in [-0.05, 0) is 42.0 Å². The SMILES string of the molecule is c1ccc(-c2c3ccccc3nc3ccc4c(c5ccccc5n4-c4ccccc4)c23)cc1. The highest BCUT2D eigenvalue weighted by Crippen LogP contribution is 2.42. The number of rotatable bonds is 2. The first kappa shape index (κ1) is 18.2. The Morgan fingerprint density at radius 2 is 1.12 bits per heavy atom. The molecular formula is C31H20N2. The van der Waals surface area contributed by atoms with Crippen molar-refractivity contribution in [3.8, 4) is 16.8 Å². The zero-order valence-electron chi connectivity index (χ0n) is 17.9. The van der Waals surface area contributed by atoms with E-state index < -0.39 is 0 Å². The van der Waals surface area contributed by atoms with E-state index in [4.69, 9.17) is 4.98 Å². The number of nitrogens with zero attached hydrogens (tertiary/aromatic N) is 2. The summed E-state index contributed by atoms with van der Waals surface area (Å²) in [6.45, 7) is 0. The molecule has 154 valence electrons. The summed E-state index contributed by atoms with van der Waals surface area (Å²) in [5.41, 5.74) is 8.08. The lowest BCUT2D eigenvalue weighted by molar-refractivity contribution is 1.18. The number of hydrogen-bond donors (Lipinski definition) is 0. The molecule has 2 heterocycles. The van der Waals surface area contributed by atoms with Gasteiger partial charge < -0.3 is 4.57 Å². The Bertz CT molecular complexity index is 1800. The fraction of sp³-hybridized carbons (Fsp3) is 0. The van der Waals surface area contributed by atoms with Gasteiger partial charge in [0.1, 0.15) is 0 Å². The highest BCUT2D eigenvalue weighted by Gasteiger charge is 2.19. The molecule has 2 nitrogen and oxygen atoms in total. The summed E-state index contributed by atoms with van der Waals surface area (Å²) in [4.78, 5) is 5.09. The predicted octanol–water partition coefficient (Wildman–Crippen LogP) is 8.15. The minimum atomic E-state index is 1.02. The van der Waals surface area contributed by atoms with Crippen LogP contribution in [0.5, 0.6) is 0 Å². The maximum absolute atomic E-state index is 5.09. The molecule has 0 amide bonds. The molecule has 0 radical (unpaired) electrons. The third-order valence-electron chi connectivity index (χ3n) is 6.56. The fourth-order valence-electron chi connectivity index (χ4n) is 5.20. The number of benzene rings is 5. The van der Waals surface area contributed by atoms with Crippen LogP contribution in [0.25, 0.3) is 60.4 Å². The summed E-state index contributed by atoms with van der Waals surface area (Å²) < 4.78 is 2.37. The predicted molar refractivity (Wildman–Crippen MR) is 139 cm³/mol. The van der Waals surface area contributed by atoms with E-state index in [1.54, 1.807) is 0 Å². The maximum Gasteiger partial charge on any atom is 0.0723 e. The Labute approximate surface area is 191 Å². The van der Waals surface area contributed by atoms with E-state index in [1.165, 1.54) is 43.7 Å². The molecule has 0 N–H and O–H groups in total. The zero-order chi connectivity index (χ0) is 21.8. The first-order chi connectivity index (χ1) is 16.4. The average molecular weight is 421 g/mol. The minimum Gasteiger partial charge on any atom is -0.309 e. The lowest BCUT2D eigenvalue weighted by atomic mass is 9.93. The largest absolute Gasteiger partial charge is 0.309 e. The van der Waals surface area contributed by atoms with Gasteiger partial charge in [-0.1, -0.05) is 84.9 Å². The van der Waals surface area contributed by atoms with E-state index in [9.17, 15) is 0 Å². The van der Waals surface area contributed by atoms with Crippen LogP contribution in [0, 0.1) is 0 Å². The Balaban J connectivity index is 1.77. The standard InChI is InChI=1S/C31H20N2/c1-3-11-21(12-4-1)29-23-15-7-9-17-25(23)32-26-19-20-28-30(31(26)29)24-16-8-10-18-27(24)33(28)22-13-5-2-6-14-22/h1-20H. The molecule has 7 rings (SSSR count). The summed E-state index contributed by atoms with van der Waals surface area (Å²) in [6, 6.07) is 42.9. The number of pyridine rings is 1. The van der Waals surface area contributed by atoms with Crippen LogP contribution in [0.15, 0.2) is 121 Å². The molecule has 33 heavy (non-hydrogen) atoms. The summed E-state index contributed by atoms with van der Waals surface area (Å²) >= 11 is 0. The van der Waals surface area contributed by atoms with Crippen LogP contribution in [0.2, 0.25) is 0 Å². The normalized spacial score (nSPS) is 11.6. The van der Waals surface area contributed by atoms with Crippen LogP contribution in [0.4, 0.5) is 0 Å². The molecule has 0 aliphatic heterocycles. The van der Waals surface area contributed by atoms with E-state index in [0.717, 1.165) is 16.7 Å². The Hall–Kier alpha value is -4.43. The number of hydrogen-bond acceptors (Lipinski definition) is 1. The summed E-state index contributed by atoms with van der Waals surface area (Å²) in [5.74, 6) is 0. The van der Waals surface area contributed by atoms with Gasteiger partial charge in [0.15, 0.2) is 0 Å². The number of aromatic nitrogens is 2. The summed E-state index contributed by atoms with van der Waals surface area (Å²) in [7, 11) is 0. The highest BCUT2D eigenvalue weighted by molar-refractivity contribution is 6.27. The molecule has 0 spiro atoms. The van der Waals surface area contributed by atoms with Gasteiger partial charge in [-0.2, -0.15) is 0 Å². The fourth-order valence-corrected chi connectivity index (χ4v) is 5.20. The van der Waals surface area contributed by atoms with Crippen molar-refractivity contribution in [3.63, 3.8) is 0 Å². The molecule has 2 aromatic heterocycles. The molecule has 0 fully saturated rings. The van der Waals surface area contributed by atoms with Crippen molar-refractivity contribution in [1.82, 2.24) is 9.55 Å². The molecule has 7 aromatic rings. The van der Waals surface area contributed by atoms with Gasteiger partial charge in [0.2, 0.25) is 0 Å². The third kappa shape index (κ3) is 2.64. The molecule has 0 bridgehead atoms. The van der Waals surface area contributed by atoms with Gasteiger partial charge in [-0.15, -0.1) is 0 Å². The maximum atomic E-state index is 5.09. The molecule has 5 aromatic carbocycles. The van der Waals surface area contributed by atoms with Crippen LogP contribution >= 0.6 is 0 Å². The van der Waals surface area contributed by atoms with Crippen molar-refractivity contribution >= 4 is 43.6 Å². The third-order valence-corrected chi connectivity index (χ3v) is 6.56. The lowest BCUT2D eigenvalue weighted by Gasteiger charge is -2.13. The van der Waals surface area contributed by atoms with E-state index >= 15 is 0 Å². The second-order valence-electron chi connectivity index (χ2n) is 8.41. The average Bonchev–Trinajstić information content (AvgIpc) is 3.23. The van der Waals surface area contributed by atoms with E-state index in [1.807, 2.05) is 0 Å². The van der Waals surface area contributed by atoms with Crippen molar-refractivity contribution < 1.29 is 0 Å². The molecule has 0 aliphatic rings. The first-order valence-corrected chi connectivity index (χ1v) is 11.3. The van der Waals surface area contributed by atoms with Crippen molar-refractivity contribution in [2.24, 2.45) is 0 Å². The van der Waals surface area contributed by atoms with Gasteiger partial charge in [-0.25, -0.2) is 4.98 Å². The van der Waals surface area contributed by atoms with Gasteiger partial charge >= 0.3 is 0 Å². The topological polar surface area (TPSA) is 17.8 Å². The Kier molecular flexibility index (Phi) is 3.88. The highest BCUT2D eigenvalue weighted by atomic mass is 15.0. The Morgan fingerprint density at radius 1 is 0.455 bits per heavy atom. The molecule has 0 saturated heterocycles. The van der Waals surface area contributed by atoms with Crippen LogP contribution in [0.1, 0.15) is 0 Å². The number of fused-ring (bicyclic) bond motifs is 6. The van der Waals surface area contributed by atoms with Crippen LogP contribution < -0.4 is 0 Å². The number of para-hydroxylation sites is 3. The van der Waals surface area contributed by atoms with Gasteiger partial charge in [0.25, 0.3) is 0 Å². The van der Waals surface area contributed by atoms with Crippen LogP contribution in [-0.2, 0) is 0 Å². The quantitative estimate of drug-likeness (QED) is 0.258. The molecule has 0 aliphatic carbocycles. The molecule has 2 heteroatoms. The molecule has 0 saturated carbocycles. The minimum absolute atomic E-state index is 1.02. The van der Waals surface area contributed by atoms with Gasteiger partial charge in [0.05, 0.1) is 22.1 Å². The van der Waals surface area contributed by atoms with Gasteiger partial charge in [0, 0.05) is 32.8 Å². The molecular weight excluding hydrogens is 400 g/mol. The lowest BCUT2D eigenvalue weighted by Crippen LogP contribution is -1.94. The Morgan fingerprint density at radius 3 is 1.94 bits per heavy atom. The van der Waals surface area contributed by atoms with E-state index in [2.05, 4.69) is 126 Å². The summed E-state index contributed by atoms with van der Waals surface area (Å²) in [6.07, 6.45) is 0. The second kappa shape index (κ2) is 7.04. The van der Waals surface area contributed by atoms with Crippen LogP contribution in [0.3, 0.4) is 0 Å². The van der Waals surface area contributed by atoms with Crippen molar-refractivity contribution in [2.75, 3.05) is 0 Å². The van der Waals surface area contributed by atoms with Crippen molar-refractivity contribution in [1.29, 1.82) is 0 Å². The summed E-state index contributed by atoms with van der Waals surface area (Å²) in [5, 5.41) is 4.89. The first-order valence-electron chi connectivity index (χ1n) is 11.3. The molecule has 0 unspecified atom stereocenters. The van der Waals surface area contributed by atoms with Crippen LogP contribution in [-0.4, -0.2) is 9.55 Å². The van der Waals surface area contributed by atoms with Gasteiger partial charge in [-0.3, -0.25) is 0 Å². The van der Waals surface area contributed by atoms with E-state index in [-0.39, 0.29) is 0 Å². The second-order valence-corrected chi connectivity index (χ2v) is 8.41. The van der Waals surface area contributed by atoms with E-state index in [0.29, 0.717) is 0 Å². The monoisotopic (exact) mass is 420 g/mol. The smallest absolute Gasteiger partial charge is 0.0723 e. The van der Waals surface area contributed by atoms with Crippen molar-refractivity contribution in [3.05, 3.63) is 121 Å². The molecule has 0 atom stereocenters. The van der Waals surface area contributed by atoms with Crippen molar-refractivity contribution in [2.45, 2.75) is 0 Å². The zero-order valence-corrected chi connectivity index (χ0v) is 17.9.